The van der Waals surface area contributed by atoms with E-state index in [1.807, 2.05) is 0 Å². The number of rotatable bonds is 6. The number of non-ortho nitro benzene ring substituents is 1. The first-order valence-electron chi connectivity index (χ1n) is 6.03. The van der Waals surface area contributed by atoms with Crippen molar-refractivity contribution in [1.29, 1.82) is 5.26 Å². The Labute approximate surface area is 120 Å². The smallest absolute Gasteiger partial charge is 0.303 e. The zero-order valence-corrected chi connectivity index (χ0v) is 11.2. The topological polar surface area (TPSA) is 133 Å². The molecule has 0 aliphatic heterocycles. The van der Waals surface area contributed by atoms with Crippen LogP contribution >= 0.6 is 0 Å². The standard InChI is InChI=1S/C13H13N3O5/c1-8(5-13(18)19)4-12(17)15-11-3-2-10(16(20)21)6-9(11)7-14/h2-3,6,8H,4-5H2,1H3,(H,15,17)(H,18,19). The molecular weight excluding hydrogens is 278 g/mol. The number of hydrogen-bond acceptors (Lipinski definition) is 5. The third-order valence-corrected chi connectivity index (χ3v) is 2.67. The van der Waals surface area contributed by atoms with Crippen molar-refractivity contribution in [3.05, 3.63) is 33.9 Å². The van der Waals surface area contributed by atoms with Gasteiger partial charge in [-0.1, -0.05) is 6.92 Å². The number of nitro benzene ring substituents is 1. The van der Waals surface area contributed by atoms with Gasteiger partial charge in [0.25, 0.3) is 5.69 Å². The SMILES string of the molecule is CC(CC(=O)O)CC(=O)Nc1ccc([N+](=O)[O-])cc1C#N. The summed E-state index contributed by atoms with van der Waals surface area (Å²) < 4.78 is 0. The zero-order chi connectivity index (χ0) is 16.0. The third kappa shape index (κ3) is 4.91. The minimum Gasteiger partial charge on any atom is -0.481 e. The van der Waals surface area contributed by atoms with E-state index >= 15 is 0 Å². The van der Waals surface area contributed by atoms with E-state index in [1.165, 1.54) is 12.1 Å². The lowest BCUT2D eigenvalue weighted by atomic mass is 10.0. The lowest BCUT2D eigenvalue weighted by Crippen LogP contribution is -2.17. The van der Waals surface area contributed by atoms with Gasteiger partial charge in [-0.05, 0) is 12.0 Å². The van der Waals surface area contributed by atoms with E-state index < -0.39 is 16.8 Å². The number of carboxylic acids is 1. The van der Waals surface area contributed by atoms with E-state index in [-0.39, 0.29) is 35.7 Å². The maximum atomic E-state index is 11.7. The third-order valence-electron chi connectivity index (χ3n) is 2.67. The number of hydrogen-bond donors (Lipinski definition) is 2. The van der Waals surface area contributed by atoms with Crippen LogP contribution in [-0.2, 0) is 9.59 Å². The number of carbonyl (C=O) groups excluding carboxylic acids is 1. The highest BCUT2D eigenvalue weighted by Crippen LogP contribution is 2.22. The first-order chi connectivity index (χ1) is 9.83. The molecule has 0 aliphatic rings. The van der Waals surface area contributed by atoms with Gasteiger partial charge in [0.15, 0.2) is 0 Å². The molecule has 0 aromatic heterocycles. The molecule has 110 valence electrons. The Morgan fingerprint density at radius 3 is 2.67 bits per heavy atom. The Hall–Kier alpha value is -2.95. The van der Waals surface area contributed by atoms with Crippen molar-refractivity contribution >= 4 is 23.3 Å². The predicted octanol–water partition coefficient (Wildman–Crippen LogP) is 1.91. The minimum atomic E-state index is -0.997. The van der Waals surface area contributed by atoms with Crippen LogP contribution in [0.4, 0.5) is 11.4 Å². The summed E-state index contributed by atoms with van der Waals surface area (Å²) in [7, 11) is 0. The van der Waals surface area contributed by atoms with Crippen molar-refractivity contribution in [2.24, 2.45) is 5.92 Å². The molecule has 0 saturated heterocycles. The number of benzene rings is 1. The quantitative estimate of drug-likeness (QED) is 0.607. The number of aliphatic carboxylic acids is 1. The van der Waals surface area contributed by atoms with E-state index in [2.05, 4.69) is 5.32 Å². The monoisotopic (exact) mass is 291 g/mol. The normalized spacial score (nSPS) is 11.2. The molecule has 0 heterocycles. The van der Waals surface area contributed by atoms with Gasteiger partial charge in [-0.3, -0.25) is 19.7 Å². The lowest BCUT2D eigenvalue weighted by Gasteiger charge is -2.10. The van der Waals surface area contributed by atoms with E-state index in [0.717, 1.165) is 6.07 Å². The Morgan fingerprint density at radius 2 is 2.14 bits per heavy atom. The van der Waals surface area contributed by atoms with Crippen LogP contribution in [0.5, 0.6) is 0 Å². The van der Waals surface area contributed by atoms with Crippen LogP contribution in [-0.4, -0.2) is 21.9 Å². The van der Waals surface area contributed by atoms with Crippen LogP contribution in [0.25, 0.3) is 0 Å². The zero-order valence-electron chi connectivity index (χ0n) is 11.2. The second-order valence-corrected chi connectivity index (χ2v) is 4.55. The van der Waals surface area contributed by atoms with Crippen LogP contribution in [0.1, 0.15) is 25.3 Å². The second kappa shape index (κ2) is 7.00. The number of carboxylic acid groups (broad SMARTS) is 1. The molecule has 1 rings (SSSR count). The van der Waals surface area contributed by atoms with E-state index in [0.29, 0.717) is 0 Å². The number of amides is 1. The second-order valence-electron chi connectivity index (χ2n) is 4.55. The Balaban J connectivity index is 2.79. The Bertz CT molecular complexity index is 621. The first-order valence-corrected chi connectivity index (χ1v) is 6.03. The number of carbonyl (C=O) groups is 2. The number of nitro groups is 1. The summed E-state index contributed by atoms with van der Waals surface area (Å²) >= 11 is 0. The largest absolute Gasteiger partial charge is 0.481 e. The lowest BCUT2D eigenvalue weighted by molar-refractivity contribution is -0.384. The molecule has 2 N–H and O–H groups in total. The molecule has 1 aromatic rings. The number of nitrogens with zero attached hydrogens (tertiary/aromatic N) is 2. The molecule has 0 radical (unpaired) electrons. The average Bonchev–Trinajstić information content (AvgIpc) is 2.37. The maximum absolute atomic E-state index is 11.7. The Morgan fingerprint density at radius 1 is 1.48 bits per heavy atom. The predicted molar refractivity (Wildman–Crippen MR) is 72.5 cm³/mol. The number of nitrogens with one attached hydrogen (secondary N) is 1. The molecule has 8 heteroatoms. The van der Waals surface area contributed by atoms with Gasteiger partial charge >= 0.3 is 5.97 Å². The summed E-state index contributed by atoms with van der Waals surface area (Å²) in [5.74, 6) is -1.80. The van der Waals surface area contributed by atoms with Crippen LogP contribution in [0.15, 0.2) is 18.2 Å². The molecule has 1 atom stereocenters. The van der Waals surface area contributed by atoms with Gasteiger partial charge in [-0.2, -0.15) is 5.26 Å². The molecule has 0 saturated carbocycles. The van der Waals surface area contributed by atoms with E-state index in [9.17, 15) is 19.7 Å². The van der Waals surface area contributed by atoms with Gasteiger partial charge in [0.1, 0.15) is 6.07 Å². The van der Waals surface area contributed by atoms with Crippen LogP contribution in [0, 0.1) is 27.4 Å². The van der Waals surface area contributed by atoms with Crippen molar-refractivity contribution in [1.82, 2.24) is 0 Å². The van der Waals surface area contributed by atoms with E-state index in [4.69, 9.17) is 10.4 Å². The Kier molecular flexibility index (Phi) is 5.37. The highest BCUT2D eigenvalue weighted by molar-refractivity contribution is 5.92. The minimum absolute atomic E-state index is 0.0197. The molecular formula is C13H13N3O5. The highest BCUT2D eigenvalue weighted by Gasteiger charge is 2.15. The summed E-state index contributed by atoms with van der Waals surface area (Å²) in [5.41, 5.74) is -0.108. The molecule has 8 nitrogen and oxygen atoms in total. The summed E-state index contributed by atoms with van der Waals surface area (Å²) in [6.45, 7) is 1.62. The van der Waals surface area contributed by atoms with Gasteiger partial charge < -0.3 is 10.4 Å². The van der Waals surface area contributed by atoms with Crippen LogP contribution in [0.3, 0.4) is 0 Å². The number of anilines is 1. The van der Waals surface area contributed by atoms with Crippen molar-refractivity contribution in [2.75, 3.05) is 5.32 Å². The maximum Gasteiger partial charge on any atom is 0.303 e. The van der Waals surface area contributed by atoms with Crippen LogP contribution in [0.2, 0.25) is 0 Å². The molecule has 1 unspecified atom stereocenters. The molecule has 0 spiro atoms. The first kappa shape index (κ1) is 16.1. The molecule has 0 aliphatic carbocycles. The summed E-state index contributed by atoms with van der Waals surface area (Å²) in [5, 5.41) is 30.6. The molecule has 1 aromatic carbocycles. The van der Waals surface area contributed by atoms with Crippen molar-refractivity contribution in [2.45, 2.75) is 19.8 Å². The summed E-state index contributed by atoms with van der Waals surface area (Å²) in [6.07, 6.45) is -0.160. The molecule has 1 amide bonds. The van der Waals surface area contributed by atoms with Gasteiger partial charge in [0, 0.05) is 25.0 Å². The van der Waals surface area contributed by atoms with Gasteiger partial charge in [-0.15, -0.1) is 0 Å². The highest BCUT2D eigenvalue weighted by atomic mass is 16.6. The summed E-state index contributed by atoms with van der Waals surface area (Å²) in [6, 6.07) is 5.29. The van der Waals surface area contributed by atoms with E-state index in [1.54, 1.807) is 13.0 Å². The van der Waals surface area contributed by atoms with Crippen LogP contribution < -0.4 is 5.32 Å². The summed E-state index contributed by atoms with van der Waals surface area (Å²) in [4.78, 5) is 32.2. The number of nitriles is 1. The molecule has 0 fully saturated rings. The average molecular weight is 291 g/mol. The molecule has 0 bridgehead atoms. The van der Waals surface area contributed by atoms with Crippen molar-refractivity contribution < 1.29 is 19.6 Å². The van der Waals surface area contributed by atoms with Gasteiger partial charge in [0.2, 0.25) is 5.91 Å². The van der Waals surface area contributed by atoms with Crippen molar-refractivity contribution in [3.63, 3.8) is 0 Å². The molecule has 21 heavy (non-hydrogen) atoms. The fourth-order valence-corrected chi connectivity index (χ4v) is 1.74. The van der Waals surface area contributed by atoms with Crippen molar-refractivity contribution in [3.8, 4) is 6.07 Å². The van der Waals surface area contributed by atoms with Gasteiger partial charge in [-0.25, -0.2) is 0 Å². The fraction of sp³-hybridized carbons (Fsp3) is 0.308. The van der Waals surface area contributed by atoms with Gasteiger partial charge in [0.05, 0.1) is 16.2 Å². The fourth-order valence-electron chi connectivity index (χ4n) is 1.74.